The van der Waals surface area contributed by atoms with Crippen molar-refractivity contribution in [2.24, 2.45) is 0 Å². The predicted octanol–water partition coefficient (Wildman–Crippen LogP) is 2.11. The molecule has 2 aromatic rings. The summed E-state index contributed by atoms with van der Waals surface area (Å²) in [7, 11) is 0. The van der Waals surface area contributed by atoms with Crippen LogP contribution in [0, 0.1) is 0 Å². The largest absolute Gasteiger partial charge is 0.353 e. The van der Waals surface area contributed by atoms with E-state index in [-0.39, 0.29) is 24.3 Å². The van der Waals surface area contributed by atoms with Gasteiger partial charge in [0.15, 0.2) is 0 Å². The van der Waals surface area contributed by atoms with E-state index in [1.807, 2.05) is 40.1 Å². The fourth-order valence-electron chi connectivity index (χ4n) is 4.57. The third-order valence-corrected chi connectivity index (χ3v) is 7.49. The van der Waals surface area contributed by atoms with Crippen molar-refractivity contribution in [1.29, 1.82) is 0 Å². The summed E-state index contributed by atoms with van der Waals surface area (Å²) < 4.78 is 0. The molecule has 3 amide bonds. The van der Waals surface area contributed by atoms with E-state index in [1.54, 1.807) is 17.2 Å². The molecule has 9 heteroatoms. The van der Waals surface area contributed by atoms with Gasteiger partial charge in [0.1, 0.15) is 12.4 Å². The van der Waals surface area contributed by atoms with Gasteiger partial charge in [-0.25, -0.2) is 4.98 Å². The number of thioether (sulfide) groups is 1. The third-order valence-electron chi connectivity index (χ3n) is 6.44. The van der Waals surface area contributed by atoms with Crippen LogP contribution in [0.1, 0.15) is 23.2 Å². The van der Waals surface area contributed by atoms with Gasteiger partial charge in [-0.05, 0) is 43.2 Å². The molecule has 0 radical (unpaired) electrons. The van der Waals surface area contributed by atoms with Gasteiger partial charge in [-0.15, -0.1) is 11.8 Å². The number of fused-ring (bicyclic) bond motifs is 1. The Hall–Kier alpha value is -3.07. The number of anilines is 2. The zero-order valence-electron chi connectivity index (χ0n) is 18.5. The zero-order chi connectivity index (χ0) is 22.8. The monoisotopic (exact) mass is 465 g/mol. The molecule has 5 rings (SSSR count). The van der Waals surface area contributed by atoms with Crippen molar-refractivity contribution in [2.75, 3.05) is 61.4 Å². The van der Waals surface area contributed by atoms with Gasteiger partial charge < -0.3 is 19.6 Å². The summed E-state index contributed by atoms with van der Waals surface area (Å²) in [6, 6.07) is 11.3. The van der Waals surface area contributed by atoms with Crippen LogP contribution in [-0.4, -0.2) is 84.1 Å². The lowest BCUT2D eigenvalue weighted by Crippen LogP contribution is -2.52. The Bertz CT molecular complexity index is 1050. The maximum Gasteiger partial charge on any atom is 0.253 e. The second-order valence-electron chi connectivity index (χ2n) is 8.51. The third kappa shape index (κ3) is 4.55. The number of aromatic nitrogens is 1. The molecule has 1 aromatic heterocycles. The Kier molecular flexibility index (Phi) is 6.22. The van der Waals surface area contributed by atoms with Gasteiger partial charge in [-0.1, -0.05) is 6.07 Å². The number of benzene rings is 1. The lowest BCUT2D eigenvalue weighted by Gasteiger charge is -2.37. The number of piperazine rings is 1. The molecule has 172 valence electrons. The molecule has 8 nitrogen and oxygen atoms in total. The molecule has 0 spiro atoms. The highest BCUT2D eigenvalue weighted by atomic mass is 32.2. The molecule has 33 heavy (non-hydrogen) atoms. The molecule has 4 heterocycles. The number of pyridine rings is 1. The number of nitrogens with zero attached hydrogens (tertiary/aromatic N) is 5. The summed E-state index contributed by atoms with van der Waals surface area (Å²) in [5.41, 5.74) is 1.24. The van der Waals surface area contributed by atoms with Crippen molar-refractivity contribution in [3.05, 3.63) is 48.2 Å². The van der Waals surface area contributed by atoms with Gasteiger partial charge in [0.25, 0.3) is 5.91 Å². The quantitative estimate of drug-likeness (QED) is 0.688. The topological polar surface area (TPSA) is 77.1 Å². The summed E-state index contributed by atoms with van der Waals surface area (Å²) in [5.74, 6) is 1.04. The van der Waals surface area contributed by atoms with E-state index in [0.29, 0.717) is 43.2 Å². The standard InChI is InChI=1S/C24H27N5O3S/c30-22(27-13-11-26(12-14-27)21-5-1-2-8-25-21)16-29-19-15-18(24(32)28-9-3-4-10-28)6-7-20(19)33-17-23(29)31/h1-2,5-8,15H,3-4,9-14,16-17H2. The molecule has 2 fully saturated rings. The average Bonchev–Trinajstić information content (AvgIpc) is 3.41. The molecule has 0 saturated carbocycles. The van der Waals surface area contributed by atoms with Crippen molar-refractivity contribution < 1.29 is 14.4 Å². The molecule has 0 bridgehead atoms. The summed E-state index contributed by atoms with van der Waals surface area (Å²) in [6.45, 7) is 4.14. The number of likely N-dealkylation sites (tertiary alicyclic amines) is 1. The van der Waals surface area contributed by atoms with E-state index in [1.165, 1.54) is 11.8 Å². The van der Waals surface area contributed by atoms with E-state index < -0.39 is 0 Å². The van der Waals surface area contributed by atoms with E-state index in [4.69, 9.17) is 0 Å². The molecular weight excluding hydrogens is 438 g/mol. The first-order valence-electron chi connectivity index (χ1n) is 11.4. The number of rotatable bonds is 4. The molecule has 1 aromatic carbocycles. The normalized spacial score (nSPS) is 18.5. The maximum atomic E-state index is 13.1. The van der Waals surface area contributed by atoms with Crippen LogP contribution >= 0.6 is 11.8 Å². The van der Waals surface area contributed by atoms with E-state index >= 15 is 0 Å². The van der Waals surface area contributed by atoms with Gasteiger partial charge in [-0.3, -0.25) is 14.4 Å². The molecule has 0 atom stereocenters. The van der Waals surface area contributed by atoms with Crippen molar-refractivity contribution >= 4 is 41.0 Å². The zero-order valence-corrected chi connectivity index (χ0v) is 19.3. The van der Waals surface area contributed by atoms with Crippen LogP contribution in [0.15, 0.2) is 47.5 Å². The Morgan fingerprint density at radius 2 is 1.73 bits per heavy atom. The van der Waals surface area contributed by atoms with E-state index in [0.717, 1.165) is 36.6 Å². The first kappa shape index (κ1) is 21.8. The number of carbonyl (C=O) groups is 3. The van der Waals surface area contributed by atoms with Crippen molar-refractivity contribution in [3.63, 3.8) is 0 Å². The highest BCUT2D eigenvalue weighted by molar-refractivity contribution is 8.00. The minimum atomic E-state index is -0.0984. The minimum absolute atomic E-state index is 0.00264. The number of amides is 3. The highest BCUT2D eigenvalue weighted by Crippen LogP contribution is 2.36. The number of hydrogen-bond acceptors (Lipinski definition) is 6. The Morgan fingerprint density at radius 1 is 0.939 bits per heavy atom. The first-order chi connectivity index (χ1) is 16.1. The predicted molar refractivity (Wildman–Crippen MR) is 128 cm³/mol. The molecule has 3 aliphatic heterocycles. The highest BCUT2D eigenvalue weighted by Gasteiger charge is 2.31. The Balaban J connectivity index is 1.28. The summed E-state index contributed by atoms with van der Waals surface area (Å²) in [5, 5.41) is 0. The van der Waals surface area contributed by atoms with Gasteiger partial charge in [0.2, 0.25) is 11.8 Å². The maximum absolute atomic E-state index is 13.1. The minimum Gasteiger partial charge on any atom is -0.353 e. The van der Waals surface area contributed by atoms with Crippen LogP contribution in [0.2, 0.25) is 0 Å². The molecule has 0 N–H and O–H groups in total. The summed E-state index contributed by atoms with van der Waals surface area (Å²) in [6.07, 6.45) is 3.82. The first-order valence-corrected chi connectivity index (χ1v) is 12.4. The van der Waals surface area contributed by atoms with Crippen LogP contribution in [0.4, 0.5) is 11.5 Å². The molecule has 0 unspecified atom stereocenters. The summed E-state index contributed by atoms with van der Waals surface area (Å²) >= 11 is 1.46. The number of hydrogen-bond donors (Lipinski definition) is 0. The van der Waals surface area contributed by atoms with Gasteiger partial charge in [-0.2, -0.15) is 0 Å². The van der Waals surface area contributed by atoms with Gasteiger partial charge >= 0.3 is 0 Å². The molecule has 3 aliphatic rings. The van der Waals surface area contributed by atoms with E-state index in [2.05, 4.69) is 9.88 Å². The van der Waals surface area contributed by atoms with Gasteiger partial charge in [0.05, 0.1) is 11.4 Å². The van der Waals surface area contributed by atoms with Crippen LogP contribution in [-0.2, 0) is 9.59 Å². The molecule has 0 aliphatic carbocycles. The lowest BCUT2D eigenvalue weighted by molar-refractivity contribution is -0.131. The fourth-order valence-corrected chi connectivity index (χ4v) is 5.49. The van der Waals surface area contributed by atoms with Crippen LogP contribution in [0.25, 0.3) is 0 Å². The van der Waals surface area contributed by atoms with Crippen LogP contribution in [0.3, 0.4) is 0 Å². The van der Waals surface area contributed by atoms with Crippen molar-refractivity contribution in [1.82, 2.24) is 14.8 Å². The second kappa shape index (κ2) is 9.43. The summed E-state index contributed by atoms with van der Waals surface area (Å²) in [4.78, 5) is 51.5. The van der Waals surface area contributed by atoms with Crippen molar-refractivity contribution in [2.45, 2.75) is 17.7 Å². The smallest absolute Gasteiger partial charge is 0.253 e. The Labute approximate surface area is 197 Å². The van der Waals surface area contributed by atoms with Crippen LogP contribution in [0.5, 0.6) is 0 Å². The lowest BCUT2D eigenvalue weighted by atomic mass is 10.1. The second-order valence-corrected chi connectivity index (χ2v) is 9.52. The fraction of sp³-hybridized carbons (Fsp3) is 0.417. The Morgan fingerprint density at radius 3 is 2.45 bits per heavy atom. The SMILES string of the molecule is O=C(CN1C(=O)CSc2ccc(C(=O)N3CCCC3)cc21)N1CCN(c2ccccn2)CC1. The molecular formula is C24H27N5O3S. The van der Waals surface area contributed by atoms with Crippen LogP contribution < -0.4 is 9.80 Å². The van der Waals surface area contributed by atoms with Crippen molar-refractivity contribution in [3.8, 4) is 0 Å². The van der Waals surface area contributed by atoms with E-state index in [9.17, 15) is 14.4 Å². The van der Waals surface area contributed by atoms with Gasteiger partial charge in [0, 0.05) is 55.9 Å². The number of carbonyl (C=O) groups excluding carboxylic acids is 3. The average molecular weight is 466 g/mol. The molecule has 2 saturated heterocycles.